The second-order valence-corrected chi connectivity index (χ2v) is 21.0. The lowest BCUT2D eigenvalue weighted by molar-refractivity contribution is -0.141. The van der Waals surface area contributed by atoms with Crippen molar-refractivity contribution < 1.29 is 32.3 Å². The number of carbonyl (C=O) groups is 3. The monoisotopic (exact) mass is 878 g/mol. The van der Waals surface area contributed by atoms with Gasteiger partial charge in [-0.05, 0) is 50.5 Å². The molecule has 1 saturated heterocycles. The van der Waals surface area contributed by atoms with Crippen LogP contribution in [0.3, 0.4) is 0 Å². The van der Waals surface area contributed by atoms with Crippen LogP contribution in [0.4, 0.5) is 5.13 Å². The van der Waals surface area contributed by atoms with Crippen LogP contribution in [-0.4, -0.2) is 83.6 Å². The average Bonchev–Trinajstić information content (AvgIpc) is 4.16. The molecular weight excluding hydrogens is 825 g/mol. The Balaban J connectivity index is 1.14. The molecule has 4 aromatic rings. The molecule has 5 atom stereocenters. The van der Waals surface area contributed by atoms with E-state index in [1.165, 1.54) is 11.3 Å². The van der Waals surface area contributed by atoms with Gasteiger partial charge >= 0.3 is 0 Å². The van der Waals surface area contributed by atoms with Gasteiger partial charge in [0.1, 0.15) is 35.2 Å². The number of thiazole rings is 1. The van der Waals surface area contributed by atoms with Gasteiger partial charge in [-0.15, -0.1) is 17.9 Å². The number of benzene rings is 2. The molecule has 2 aliphatic heterocycles. The standard InChI is InChI=1S/C47H54N6O7S2/c1-5-31-25-47(31,44(56)52-62(57,58)33-18-19-33)51-42(54)37-22-32-26-53(37)43(55)41(29-15-10-7-11-16-29)50-45-49-40(27-61-45)46(2,3)20-12-17-30-21-34-36(24-38(30)59-4)48-35(23-39(34)60-32)28-13-8-6-9-14-28/h5-6,8-9,12-14,17,21,23-24,27,29,31-33,37,41H,1,7,10-11,15-16,18-20,22,25-26H2,2-4H3,(H,49,50)(H,51,54)(H,52,56)/t31-,32-,37+,41+,47-/m1/s1. The number of hydrogen-bond acceptors (Lipinski definition) is 11. The molecule has 4 fully saturated rings. The number of anilines is 1. The second-order valence-electron chi connectivity index (χ2n) is 18.2. The number of nitrogens with zero attached hydrogens (tertiary/aromatic N) is 3. The van der Waals surface area contributed by atoms with Gasteiger partial charge in [-0.2, -0.15) is 0 Å². The minimum absolute atomic E-state index is 0.00174. The fraction of sp³-hybridized carbons (Fsp3) is 0.468. The molecule has 0 radical (unpaired) electrons. The Morgan fingerprint density at radius 3 is 2.55 bits per heavy atom. The molecule has 0 unspecified atom stereocenters. The zero-order valence-corrected chi connectivity index (χ0v) is 37.0. The van der Waals surface area contributed by atoms with Crippen LogP contribution in [0.5, 0.6) is 11.5 Å². The van der Waals surface area contributed by atoms with Gasteiger partial charge in [0.2, 0.25) is 21.8 Å². The summed E-state index contributed by atoms with van der Waals surface area (Å²) in [6, 6.07) is 13.9. The number of hydrogen-bond donors (Lipinski definition) is 3. The minimum Gasteiger partial charge on any atom is -0.496 e. The summed E-state index contributed by atoms with van der Waals surface area (Å²) in [7, 11) is -2.26. The molecule has 3 aliphatic carbocycles. The first kappa shape index (κ1) is 42.0. The normalized spacial score (nSPS) is 26.2. The summed E-state index contributed by atoms with van der Waals surface area (Å²) in [5.41, 5.74) is 2.10. The van der Waals surface area contributed by atoms with E-state index in [1.807, 2.05) is 53.9 Å². The molecule has 2 aromatic carbocycles. The first-order valence-corrected chi connectivity index (χ1v) is 24.2. The SMILES string of the molecule is C=C[C@@H]1C[C@]1(NC(=O)[C@@H]1C[C@@H]2CN1C(=O)[C@H](C1CCCCC1)Nc1nc(cs1)C(C)(C)CC=Cc1cc3c(cc(-c4ccccc4)nc3cc1OC)O2)C(=O)NS(=O)(=O)C1CC1. The summed E-state index contributed by atoms with van der Waals surface area (Å²) >= 11 is 1.46. The summed E-state index contributed by atoms with van der Waals surface area (Å²) in [5.74, 6) is -0.888. The highest BCUT2D eigenvalue weighted by atomic mass is 32.2. The Morgan fingerprint density at radius 2 is 1.84 bits per heavy atom. The molecule has 13 nitrogen and oxygen atoms in total. The van der Waals surface area contributed by atoms with Crippen LogP contribution in [0, 0.1) is 11.8 Å². The Hall–Kier alpha value is -5.28. The maximum atomic E-state index is 15.3. The molecule has 2 aromatic heterocycles. The van der Waals surface area contributed by atoms with Crippen LogP contribution < -0.4 is 24.8 Å². The van der Waals surface area contributed by atoms with E-state index in [0.29, 0.717) is 47.1 Å². The first-order valence-electron chi connectivity index (χ1n) is 21.7. The molecule has 5 aliphatic rings. The molecule has 3 saturated carbocycles. The quantitative estimate of drug-likeness (QED) is 0.147. The van der Waals surface area contributed by atoms with Crippen molar-refractivity contribution in [3.05, 3.63) is 83.9 Å². The van der Waals surface area contributed by atoms with Crippen molar-refractivity contribution in [1.82, 2.24) is 24.9 Å². The molecule has 9 rings (SSSR count). The van der Waals surface area contributed by atoms with Crippen molar-refractivity contribution in [2.45, 2.75) is 112 Å². The first-order chi connectivity index (χ1) is 29.8. The van der Waals surface area contributed by atoms with Gasteiger partial charge in [0.05, 0.1) is 35.8 Å². The van der Waals surface area contributed by atoms with E-state index in [-0.39, 0.29) is 36.6 Å². The molecule has 326 valence electrons. The van der Waals surface area contributed by atoms with Gasteiger partial charge < -0.3 is 25.0 Å². The number of ether oxygens (including phenoxy) is 2. The highest BCUT2D eigenvalue weighted by molar-refractivity contribution is 7.91. The lowest BCUT2D eigenvalue weighted by Crippen LogP contribution is -2.58. The molecule has 15 heteroatoms. The van der Waals surface area contributed by atoms with Gasteiger partial charge in [-0.25, -0.2) is 18.4 Å². The third-order valence-electron chi connectivity index (χ3n) is 13.4. The molecule has 3 N–H and O–H groups in total. The topological polar surface area (TPSA) is 169 Å². The number of allylic oxidation sites excluding steroid dienone is 1. The number of rotatable bonds is 9. The molecule has 4 heterocycles. The summed E-state index contributed by atoms with van der Waals surface area (Å²) in [5, 5.41) is 9.30. The third kappa shape index (κ3) is 8.21. The van der Waals surface area contributed by atoms with Gasteiger partial charge in [0.15, 0.2) is 5.13 Å². The number of methoxy groups -OCH3 is 1. The zero-order valence-electron chi connectivity index (χ0n) is 35.4. The Labute approximate surface area is 366 Å². The van der Waals surface area contributed by atoms with Crippen molar-refractivity contribution in [1.29, 1.82) is 0 Å². The number of pyridine rings is 1. The highest BCUT2D eigenvalue weighted by Crippen LogP contribution is 2.46. The smallest absolute Gasteiger partial charge is 0.259 e. The highest BCUT2D eigenvalue weighted by Gasteiger charge is 2.62. The number of nitrogens with one attached hydrogen (secondary N) is 3. The number of carbonyl (C=O) groups excluding carboxylic acids is 3. The van der Waals surface area contributed by atoms with Gasteiger partial charge in [0, 0.05) is 51.8 Å². The maximum absolute atomic E-state index is 15.3. The summed E-state index contributed by atoms with van der Waals surface area (Å²) in [6.45, 7) is 8.25. The fourth-order valence-electron chi connectivity index (χ4n) is 9.37. The third-order valence-corrected chi connectivity index (χ3v) is 16.0. The predicted octanol–water partition coefficient (Wildman–Crippen LogP) is 7.14. The Bertz CT molecular complexity index is 2550. The van der Waals surface area contributed by atoms with E-state index in [1.54, 1.807) is 18.1 Å². The predicted molar refractivity (Wildman–Crippen MR) is 240 cm³/mol. The molecule has 3 amide bonds. The van der Waals surface area contributed by atoms with Crippen LogP contribution in [0.25, 0.3) is 28.2 Å². The van der Waals surface area contributed by atoms with Crippen molar-refractivity contribution in [2.24, 2.45) is 11.8 Å². The summed E-state index contributed by atoms with van der Waals surface area (Å²) in [6.07, 6.45) is 11.8. The molecule has 6 bridgehead atoms. The van der Waals surface area contributed by atoms with Crippen LogP contribution in [-0.2, 0) is 29.8 Å². The number of fused-ring (bicyclic) bond motifs is 5. The lowest BCUT2D eigenvalue weighted by Gasteiger charge is -2.35. The zero-order chi connectivity index (χ0) is 43.4. The van der Waals surface area contributed by atoms with E-state index in [2.05, 4.69) is 47.9 Å². The van der Waals surface area contributed by atoms with E-state index in [0.717, 1.165) is 54.3 Å². The van der Waals surface area contributed by atoms with Gasteiger partial charge in [-0.1, -0.05) is 81.7 Å². The molecule has 62 heavy (non-hydrogen) atoms. The molecular formula is C47H54N6O7S2. The minimum atomic E-state index is -3.89. The van der Waals surface area contributed by atoms with E-state index < -0.39 is 56.7 Å². The average molecular weight is 879 g/mol. The van der Waals surface area contributed by atoms with E-state index in [9.17, 15) is 18.0 Å². The van der Waals surface area contributed by atoms with Crippen LogP contribution in [0.15, 0.2) is 72.6 Å². The number of aromatic nitrogens is 2. The second kappa shape index (κ2) is 16.4. The van der Waals surface area contributed by atoms with Gasteiger partial charge in [0.25, 0.3) is 5.91 Å². The summed E-state index contributed by atoms with van der Waals surface area (Å²) < 4.78 is 41.0. The number of sulfonamides is 1. The van der Waals surface area contributed by atoms with Crippen LogP contribution >= 0.6 is 11.3 Å². The van der Waals surface area contributed by atoms with Crippen molar-refractivity contribution in [3.63, 3.8) is 0 Å². The summed E-state index contributed by atoms with van der Waals surface area (Å²) in [4.78, 5) is 55.6. The number of amides is 3. The molecule has 0 spiro atoms. The maximum Gasteiger partial charge on any atom is 0.259 e. The van der Waals surface area contributed by atoms with Crippen molar-refractivity contribution in [3.8, 4) is 22.8 Å². The van der Waals surface area contributed by atoms with Crippen molar-refractivity contribution in [2.75, 3.05) is 19.0 Å². The van der Waals surface area contributed by atoms with E-state index >= 15 is 4.79 Å². The van der Waals surface area contributed by atoms with Gasteiger partial charge in [-0.3, -0.25) is 19.1 Å². The Kier molecular flexibility index (Phi) is 11.2. The van der Waals surface area contributed by atoms with Crippen molar-refractivity contribution >= 4 is 61.2 Å². The largest absolute Gasteiger partial charge is 0.496 e. The lowest BCUT2D eigenvalue weighted by atomic mass is 9.83. The van der Waals surface area contributed by atoms with E-state index in [4.69, 9.17) is 19.4 Å². The van der Waals surface area contributed by atoms with Crippen LogP contribution in [0.2, 0.25) is 0 Å². The fourth-order valence-corrected chi connectivity index (χ4v) is 11.7. The van der Waals surface area contributed by atoms with Crippen LogP contribution in [0.1, 0.15) is 89.3 Å². The Morgan fingerprint density at radius 1 is 1.06 bits per heavy atom.